The number of methoxy groups -OCH3 is 1. The number of alkyl carbamates (subject to hydrolysis) is 1. The average molecular weight is 552 g/mol. The zero-order valence-corrected chi connectivity index (χ0v) is 24.0. The Hall–Kier alpha value is -4.85. The maximum Gasteiger partial charge on any atom is 0.407 e. The van der Waals surface area contributed by atoms with E-state index in [-0.39, 0.29) is 6.04 Å². The van der Waals surface area contributed by atoms with Crippen LogP contribution in [-0.4, -0.2) is 35.6 Å². The Morgan fingerprint density at radius 1 is 1.02 bits per heavy atom. The fraction of sp³-hybridized carbons (Fsp3) is 0.242. The van der Waals surface area contributed by atoms with Gasteiger partial charge >= 0.3 is 6.09 Å². The molecule has 0 aliphatic rings. The summed E-state index contributed by atoms with van der Waals surface area (Å²) in [5.41, 5.74) is 12.3. The molecule has 3 N–H and O–H groups in total. The third-order valence-corrected chi connectivity index (χ3v) is 7.08. The number of carbonyl (C=O) groups excluding carboxylic acids is 2. The quantitative estimate of drug-likeness (QED) is 0.138. The van der Waals surface area contributed by atoms with Gasteiger partial charge in [-0.05, 0) is 66.5 Å². The van der Waals surface area contributed by atoms with Crippen molar-refractivity contribution in [1.82, 2.24) is 20.7 Å². The normalized spacial score (nSPS) is 12.0. The Kier molecular flexibility index (Phi) is 9.94. The Balaban J connectivity index is 1.51. The van der Waals surface area contributed by atoms with Crippen LogP contribution in [0.15, 0.2) is 85.3 Å². The number of nitrogens with one attached hydrogen (secondary N) is 3. The van der Waals surface area contributed by atoms with Gasteiger partial charge in [0.2, 0.25) is 6.41 Å². The fourth-order valence-corrected chi connectivity index (χ4v) is 4.80. The van der Waals surface area contributed by atoms with E-state index in [0.717, 1.165) is 63.3 Å². The molecule has 1 atom stereocenters. The number of carbonyl (C=O) groups is 2. The number of imidazole rings is 1. The number of para-hydroxylation sites is 1. The van der Waals surface area contributed by atoms with Crippen molar-refractivity contribution in [3.63, 3.8) is 0 Å². The molecule has 1 unspecified atom stereocenters. The zero-order valence-electron chi connectivity index (χ0n) is 24.0. The van der Waals surface area contributed by atoms with Crippen LogP contribution in [0.1, 0.15) is 43.9 Å². The Bertz CT molecular complexity index is 1460. The van der Waals surface area contributed by atoms with Gasteiger partial charge in [-0.15, -0.1) is 0 Å². The molecule has 0 aliphatic heterocycles. The lowest BCUT2D eigenvalue weighted by molar-refractivity contribution is -0.107. The molecule has 0 radical (unpaired) electrons. The van der Waals surface area contributed by atoms with Crippen LogP contribution in [0.25, 0.3) is 28.1 Å². The summed E-state index contributed by atoms with van der Waals surface area (Å²) < 4.78 is 4.71. The van der Waals surface area contributed by atoms with Crippen molar-refractivity contribution in [3.05, 3.63) is 102 Å². The van der Waals surface area contributed by atoms with Crippen LogP contribution >= 0.6 is 0 Å². The highest BCUT2D eigenvalue weighted by atomic mass is 16.5. The molecule has 2 amide bonds. The van der Waals surface area contributed by atoms with Gasteiger partial charge in [-0.25, -0.2) is 14.8 Å². The number of allylic oxidation sites excluding steroid dienone is 1. The minimum absolute atomic E-state index is 0.0791. The first-order chi connectivity index (χ1) is 20.0. The summed E-state index contributed by atoms with van der Waals surface area (Å²) >= 11 is 0. The number of benzene rings is 3. The van der Waals surface area contributed by atoms with Gasteiger partial charge in [0.25, 0.3) is 0 Å². The van der Waals surface area contributed by atoms with E-state index in [1.807, 2.05) is 44.3 Å². The van der Waals surface area contributed by atoms with Crippen LogP contribution in [0.3, 0.4) is 0 Å². The number of hydrogen-bond donors (Lipinski definition) is 3. The molecule has 1 aromatic heterocycles. The summed E-state index contributed by atoms with van der Waals surface area (Å²) in [5.74, 6) is 0. The van der Waals surface area contributed by atoms with Crippen molar-refractivity contribution in [2.24, 2.45) is 0 Å². The fourth-order valence-electron chi connectivity index (χ4n) is 4.80. The van der Waals surface area contributed by atoms with Gasteiger partial charge < -0.3 is 15.0 Å². The topological polar surface area (TPSA) is 99.3 Å². The largest absolute Gasteiger partial charge is 0.453 e. The van der Waals surface area contributed by atoms with E-state index in [0.29, 0.717) is 12.8 Å². The molecule has 0 bridgehead atoms. The van der Waals surface area contributed by atoms with E-state index in [1.54, 1.807) is 11.3 Å². The van der Waals surface area contributed by atoms with E-state index >= 15 is 0 Å². The highest BCUT2D eigenvalue weighted by Crippen LogP contribution is 2.29. The minimum atomic E-state index is -0.453. The first-order valence-corrected chi connectivity index (χ1v) is 13.8. The molecule has 3 aromatic carbocycles. The molecule has 41 heavy (non-hydrogen) atoms. The van der Waals surface area contributed by atoms with Crippen molar-refractivity contribution >= 4 is 23.9 Å². The SMILES string of the molecule is C/C=C(\NN(C=O)c1c(CC)cccc1CCC(C)NC(=O)OC)c1ccc(-c2ccc(-c3cnc[nH]3)cc2)cc1. The smallest absolute Gasteiger partial charge is 0.407 e. The van der Waals surface area contributed by atoms with E-state index in [4.69, 9.17) is 4.74 Å². The molecular formula is C33H37N5O3. The Morgan fingerprint density at radius 3 is 2.27 bits per heavy atom. The van der Waals surface area contributed by atoms with E-state index in [2.05, 4.69) is 76.2 Å². The Labute approximate surface area is 241 Å². The van der Waals surface area contributed by atoms with Crippen LogP contribution in [0.5, 0.6) is 0 Å². The summed E-state index contributed by atoms with van der Waals surface area (Å²) in [6.45, 7) is 5.95. The summed E-state index contributed by atoms with van der Waals surface area (Å²) in [7, 11) is 1.35. The second kappa shape index (κ2) is 14.0. The van der Waals surface area contributed by atoms with Gasteiger partial charge in [-0.1, -0.05) is 79.7 Å². The molecule has 0 aliphatic carbocycles. The van der Waals surface area contributed by atoms with E-state index < -0.39 is 6.09 Å². The number of hydrazine groups is 1. The standard InChI is InChI=1S/C33H37N5O3/c1-5-24-8-7-9-29(11-10-23(3)36-33(40)41-4)32(24)38(22-39)37-30(6-2)27-16-12-25(13-17-27)26-14-18-28(19-15-26)31-20-34-21-35-31/h6-9,12-23,37H,5,10-11H2,1-4H3,(H,34,35)(H,36,40)/b30-6-. The van der Waals surface area contributed by atoms with Crippen molar-refractivity contribution in [1.29, 1.82) is 0 Å². The van der Waals surface area contributed by atoms with Gasteiger partial charge in [0.05, 0.1) is 36.7 Å². The van der Waals surface area contributed by atoms with Crippen LogP contribution in [0, 0.1) is 0 Å². The molecule has 8 heteroatoms. The molecule has 0 fully saturated rings. The van der Waals surface area contributed by atoms with E-state index in [1.165, 1.54) is 7.11 Å². The number of nitrogens with zero attached hydrogens (tertiary/aromatic N) is 2. The second-order valence-electron chi connectivity index (χ2n) is 9.76. The van der Waals surface area contributed by atoms with Gasteiger partial charge in [-0.3, -0.25) is 10.2 Å². The monoisotopic (exact) mass is 551 g/mol. The zero-order chi connectivity index (χ0) is 29.2. The maximum atomic E-state index is 12.4. The predicted molar refractivity (Wildman–Crippen MR) is 164 cm³/mol. The van der Waals surface area contributed by atoms with Crippen LogP contribution in [0.2, 0.25) is 0 Å². The lowest BCUT2D eigenvalue weighted by Crippen LogP contribution is -2.37. The lowest BCUT2D eigenvalue weighted by Gasteiger charge is -2.27. The van der Waals surface area contributed by atoms with E-state index in [9.17, 15) is 9.59 Å². The van der Waals surface area contributed by atoms with Crippen molar-refractivity contribution in [2.75, 3.05) is 12.1 Å². The lowest BCUT2D eigenvalue weighted by atomic mass is 9.99. The number of anilines is 1. The molecule has 4 aromatic rings. The summed E-state index contributed by atoms with van der Waals surface area (Å²) in [5, 5.41) is 4.37. The number of rotatable bonds is 12. The predicted octanol–water partition coefficient (Wildman–Crippen LogP) is 6.51. The average Bonchev–Trinajstić information content (AvgIpc) is 3.56. The van der Waals surface area contributed by atoms with Gasteiger partial charge in [0, 0.05) is 6.04 Å². The number of amides is 2. The summed E-state index contributed by atoms with van der Waals surface area (Å²) in [4.78, 5) is 31.3. The van der Waals surface area contributed by atoms with Gasteiger partial charge in [0.15, 0.2) is 0 Å². The molecule has 1 heterocycles. The first kappa shape index (κ1) is 29.1. The van der Waals surface area contributed by atoms with Crippen molar-refractivity contribution < 1.29 is 14.3 Å². The number of aryl methyl sites for hydroxylation is 2. The van der Waals surface area contributed by atoms with Crippen LogP contribution < -0.4 is 15.8 Å². The second-order valence-corrected chi connectivity index (χ2v) is 9.76. The highest BCUT2D eigenvalue weighted by Gasteiger charge is 2.18. The molecular weight excluding hydrogens is 514 g/mol. The molecule has 4 rings (SSSR count). The first-order valence-electron chi connectivity index (χ1n) is 13.8. The molecule has 212 valence electrons. The summed E-state index contributed by atoms with van der Waals surface area (Å²) in [6, 6.07) is 22.6. The summed E-state index contributed by atoms with van der Waals surface area (Å²) in [6.07, 6.45) is 7.95. The molecule has 0 saturated carbocycles. The van der Waals surface area contributed by atoms with Gasteiger partial charge in [0.1, 0.15) is 0 Å². The molecule has 8 nitrogen and oxygen atoms in total. The number of ether oxygens (including phenoxy) is 1. The van der Waals surface area contributed by atoms with Gasteiger partial charge in [-0.2, -0.15) is 0 Å². The van der Waals surface area contributed by atoms with Crippen molar-refractivity contribution in [2.45, 2.75) is 46.1 Å². The third-order valence-electron chi connectivity index (χ3n) is 7.08. The minimum Gasteiger partial charge on any atom is -0.453 e. The van der Waals surface area contributed by atoms with Crippen LogP contribution in [0.4, 0.5) is 10.5 Å². The highest BCUT2D eigenvalue weighted by molar-refractivity contribution is 5.82. The Morgan fingerprint density at radius 2 is 1.68 bits per heavy atom. The number of aromatic amines is 1. The molecule has 0 spiro atoms. The maximum absolute atomic E-state index is 12.4. The number of hydrogen-bond acceptors (Lipinski definition) is 5. The number of aromatic nitrogens is 2. The van der Waals surface area contributed by atoms with Crippen LogP contribution in [-0.2, 0) is 22.4 Å². The van der Waals surface area contributed by atoms with Crippen molar-refractivity contribution in [3.8, 4) is 22.4 Å². The molecule has 0 saturated heterocycles. The number of H-pyrrole nitrogens is 1. The third kappa shape index (κ3) is 7.22.